The Kier molecular flexibility index (Phi) is 4.85. The molecule has 1 rings (SSSR count). The first-order valence-corrected chi connectivity index (χ1v) is 5.24. The van der Waals surface area contributed by atoms with Gasteiger partial charge < -0.3 is 21.1 Å². The first kappa shape index (κ1) is 14.2. The summed E-state index contributed by atoms with van der Waals surface area (Å²) in [7, 11) is 1.45. The lowest BCUT2D eigenvalue weighted by Gasteiger charge is -2.15. The Bertz CT molecular complexity index is 413. The average molecular weight is 259 g/mol. The molecule has 0 heterocycles. The molecule has 0 radical (unpaired) electrons. The van der Waals surface area contributed by atoms with E-state index in [4.69, 9.17) is 10.5 Å². The minimum absolute atomic E-state index is 0.397. The van der Waals surface area contributed by atoms with E-state index in [1.807, 2.05) is 5.32 Å². The summed E-state index contributed by atoms with van der Waals surface area (Å²) in [5.74, 6) is -2.67. The van der Waals surface area contributed by atoms with E-state index in [2.05, 4.69) is 5.32 Å². The third-order valence-electron chi connectivity index (χ3n) is 2.16. The molecule has 7 heteroatoms. The van der Waals surface area contributed by atoms with Crippen LogP contribution in [0.4, 0.5) is 19.3 Å². The minimum Gasteiger partial charge on any atom is -0.495 e. The van der Waals surface area contributed by atoms with Gasteiger partial charge in [0, 0.05) is 0 Å². The van der Waals surface area contributed by atoms with Gasteiger partial charge in [0.2, 0.25) is 0 Å². The molecular weight excluding hydrogens is 244 g/mol. The predicted octanol–water partition coefficient (Wildman–Crippen LogP) is 1.41. The third kappa shape index (κ3) is 4.17. The van der Waals surface area contributed by atoms with Crippen LogP contribution in [-0.2, 0) is 0 Å². The number of benzene rings is 1. The van der Waals surface area contributed by atoms with Gasteiger partial charge in [0.15, 0.2) is 0 Å². The second kappa shape index (κ2) is 6.15. The fourth-order valence-electron chi connectivity index (χ4n) is 1.20. The highest BCUT2D eigenvalue weighted by atomic mass is 19.3. The minimum atomic E-state index is -3.11. The number of urea groups is 1. The summed E-state index contributed by atoms with van der Waals surface area (Å²) in [6.45, 7) is -1.63. The maximum Gasteiger partial charge on any atom is 0.319 e. The van der Waals surface area contributed by atoms with E-state index >= 15 is 0 Å². The number of hydrogen-bond acceptors (Lipinski definition) is 3. The summed E-state index contributed by atoms with van der Waals surface area (Å²) in [4.78, 5) is 11.4. The van der Waals surface area contributed by atoms with Crippen molar-refractivity contribution in [2.24, 2.45) is 5.73 Å². The van der Waals surface area contributed by atoms with Crippen LogP contribution in [0, 0.1) is 0 Å². The first-order chi connectivity index (χ1) is 8.48. The lowest BCUT2D eigenvalue weighted by atomic mass is 10.3. The van der Waals surface area contributed by atoms with E-state index in [1.165, 1.54) is 7.11 Å². The number of nitrogens with one attached hydrogen (secondary N) is 2. The Balaban J connectivity index is 2.55. The zero-order valence-corrected chi connectivity index (χ0v) is 9.87. The van der Waals surface area contributed by atoms with Gasteiger partial charge in [-0.25, -0.2) is 13.6 Å². The van der Waals surface area contributed by atoms with E-state index in [0.29, 0.717) is 11.4 Å². The van der Waals surface area contributed by atoms with E-state index in [0.717, 1.165) is 0 Å². The van der Waals surface area contributed by atoms with Crippen molar-refractivity contribution in [3.63, 3.8) is 0 Å². The van der Waals surface area contributed by atoms with Crippen molar-refractivity contribution >= 4 is 11.7 Å². The normalized spacial score (nSPS) is 10.9. The molecule has 4 N–H and O–H groups in total. The predicted molar refractivity (Wildman–Crippen MR) is 64.0 cm³/mol. The van der Waals surface area contributed by atoms with Crippen molar-refractivity contribution in [3.05, 3.63) is 24.3 Å². The first-order valence-electron chi connectivity index (χ1n) is 5.24. The molecule has 0 aliphatic heterocycles. The second-order valence-corrected chi connectivity index (χ2v) is 3.57. The molecule has 0 unspecified atom stereocenters. The quantitative estimate of drug-likeness (QED) is 0.748. The van der Waals surface area contributed by atoms with Gasteiger partial charge in [-0.15, -0.1) is 0 Å². The summed E-state index contributed by atoms with van der Waals surface area (Å²) in [6, 6.07) is 5.91. The Morgan fingerprint density at radius 3 is 2.72 bits per heavy atom. The van der Waals surface area contributed by atoms with E-state index in [-0.39, 0.29) is 0 Å². The van der Waals surface area contributed by atoms with E-state index in [1.54, 1.807) is 24.3 Å². The van der Waals surface area contributed by atoms with Crippen LogP contribution in [0.1, 0.15) is 0 Å². The van der Waals surface area contributed by atoms with Crippen LogP contribution < -0.4 is 21.1 Å². The van der Waals surface area contributed by atoms with Crippen LogP contribution in [-0.4, -0.2) is 32.2 Å². The van der Waals surface area contributed by atoms with Crippen LogP contribution in [0.3, 0.4) is 0 Å². The molecule has 0 bridgehead atoms. The van der Waals surface area contributed by atoms with Crippen LogP contribution in [0.5, 0.6) is 5.75 Å². The lowest BCUT2D eigenvalue weighted by molar-refractivity contribution is 0.0148. The zero-order valence-electron chi connectivity index (χ0n) is 9.87. The number of carbonyl (C=O) groups excluding carboxylic acids is 1. The fourth-order valence-corrected chi connectivity index (χ4v) is 1.20. The summed E-state index contributed by atoms with van der Waals surface area (Å²) in [5, 5.41) is 4.45. The number of hydrogen-bond donors (Lipinski definition) is 3. The lowest BCUT2D eigenvalue weighted by Crippen LogP contribution is -2.43. The van der Waals surface area contributed by atoms with Gasteiger partial charge in [0.25, 0.3) is 5.92 Å². The highest BCUT2D eigenvalue weighted by molar-refractivity contribution is 5.90. The largest absolute Gasteiger partial charge is 0.495 e. The molecule has 0 saturated carbocycles. The number of alkyl halides is 2. The molecule has 1 aromatic carbocycles. The van der Waals surface area contributed by atoms with Crippen molar-refractivity contribution in [2.75, 3.05) is 25.5 Å². The molecule has 0 atom stereocenters. The van der Waals surface area contributed by atoms with Gasteiger partial charge in [0.05, 0.1) is 25.9 Å². The third-order valence-corrected chi connectivity index (χ3v) is 2.16. The number of amides is 2. The standard InChI is InChI=1S/C11H15F2N3O2/c1-18-9-5-3-2-4-8(9)16-10(17)15-7-11(12,13)6-14/h2-5H,6-7,14H2,1H3,(H2,15,16,17). The SMILES string of the molecule is COc1ccccc1NC(=O)NCC(F)(F)CN. The molecule has 0 fully saturated rings. The fraction of sp³-hybridized carbons (Fsp3) is 0.364. The molecule has 0 spiro atoms. The highest BCUT2D eigenvalue weighted by Gasteiger charge is 2.27. The maximum absolute atomic E-state index is 12.8. The maximum atomic E-state index is 12.8. The van der Waals surface area contributed by atoms with Gasteiger partial charge >= 0.3 is 6.03 Å². The number of halogens is 2. The molecule has 2 amide bonds. The summed E-state index contributed by atoms with van der Waals surface area (Å²) < 4.78 is 30.6. The number of rotatable bonds is 5. The second-order valence-electron chi connectivity index (χ2n) is 3.57. The van der Waals surface area contributed by atoms with E-state index < -0.39 is 25.0 Å². The van der Waals surface area contributed by atoms with Crippen molar-refractivity contribution in [3.8, 4) is 5.75 Å². The van der Waals surface area contributed by atoms with Crippen molar-refractivity contribution < 1.29 is 18.3 Å². The smallest absolute Gasteiger partial charge is 0.319 e. The molecular formula is C11H15F2N3O2. The monoisotopic (exact) mass is 259 g/mol. The number of ether oxygens (including phenoxy) is 1. The number of nitrogens with two attached hydrogens (primary N) is 1. The molecule has 18 heavy (non-hydrogen) atoms. The Morgan fingerprint density at radius 2 is 2.11 bits per heavy atom. The van der Waals surface area contributed by atoms with Crippen molar-refractivity contribution in [2.45, 2.75) is 5.92 Å². The van der Waals surface area contributed by atoms with E-state index in [9.17, 15) is 13.6 Å². The number of methoxy groups -OCH3 is 1. The van der Waals surface area contributed by atoms with Gasteiger partial charge in [-0.3, -0.25) is 0 Å². The highest BCUT2D eigenvalue weighted by Crippen LogP contribution is 2.22. The summed E-state index contributed by atoms with van der Waals surface area (Å²) in [6.07, 6.45) is 0. The Hall–Kier alpha value is -1.89. The topological polar surface area (TPSA) is 76.4 Å². The molecule has 5 nitrogen and oxygen atoms in total. The van der Waals surface area contributed by atoms with Gasteiger partial charge in [-0.05, 0) is 12.1 Å². The van der Waals surface area contributed by atoms with Gasteiger partial charge in [0.1, 0.15) is 5.75 Å². The Labute approximate surface area is 103 Å². The molecule has 100 valence electrons. The van der Waals surface area contributed by atoms with Gasteiger partial charge in [-0.2, -0.15) is 0 Å². The summed E-state index contributed by atoms with van der Waals surface area (Å²) in [5.41, 5.74) is 5.25. The molecule has 0 aliphatic carbocycles. The molecule has 0 aromatic heterocycles. The zero-order chi connectivity index (χ0) is 13.6. The number of para-hydroxylation sites is 2. The number of anilines is 1. The van der Waals surface area contributed by atoms with Crippen LogP contribution >= 0.6 is 0 Å². The molecule has 1 aromatic rings. The van der Waals surface area contributed by atoms with Crippen molar-refractivity contribution in [1.82, 2.24) is 5.32 Å². The summed E-state index contributed by atoms with van der Waals surface area (Å²) >= 11 is 0. The number of carbonyl (C=O) groups is 1. The Morgan fingerprint density at radius 1 is 1.44 bits per heavy atom. The van der Waals surface area contributed by atoms with Crippen LogP contribution in [0.2, 0.25) is 0 Å². The molecule has 0 saturated heterocycles. The van der Waals surface area contributed by atoms with Gasteiger partial charge in [-0.1, -0.05) is 12.1 Å². The molecule has 0 aliphatic rings. The van der Waals surface area contributed by atoms with Crippen molar-refractivity contribution in [1.29, 1.82) is 0 Å². The average Bonchev–Trinajstić information content (AvgIpc) is 2.37. The van der Waals surface area contributed by atoms with Crippen LogP contribution in [0.15, 0.2) is 24.3 Å². The van der Waals surface area contributed by atoms with Crippen LogP contribution in [0.25, 0.3) is 0 Å².